The fraction of sp³-hybridized carbons (Fsp3) is 0.700. The SMILES string of the molecule is Cc1ccc(C(=O)NC[C@H]2[C@H]3CN(C(=O)C4CCC4)C[C@]34CC[C@H]2O4)s1. The van der Waals surface area contributed by atoms with Crippen LogP contribution < -0.4 is 5.32 Å². The van der Waals surface area contributed by atoms with Gasteiger partial charge in [-0.1, -0.05) is 6.42 Å². The summed E-state index contributed by atoms with van der Waals surface area (Å²) in [4.78, 5) is 29.1. The molecule has 4 fully saturated rings. The van der Waals surface area contributed by atoms with Crippen molar-refractivity contribution in [3.63, 3.8) is 0 Å². The van der Waals surface area contributed by atoms with Crippen LogP contribution in [0.25, 0.3) is 0 Å². The third-order valence-corrected chi connectivity index (χ3v) is 8.01. The molecule has 0 unspecified atom stereocenters. The largest absolute Gasteiger partial charge is 0.369 e. The maximum absolute atomic E-state index is 12.7. The lowest BCUT2D eigenvalue weighted by Crippen LogP contribution is -2.41. The molecule has 1 aliphatic carbocycles. The van der Waals surface area contributed by atoms with E-state index in [4.69, 9.17) is 4.74 Å². The van der Waals surface area contributed by atoms with Crippen LogP contribution in [0.4, 0.5) is 0 Å². The van der Waals surface area contributed by atoms with Gasteiger partial charge in [-0.15, -0.1) is 11.3 Å². The van der Waals surface area contributed by atoms with Gasteiger partial charge in [0.2, 0.25) is 5.91 Å². The van der Waals surface area contributed by atoms with Crippen molar-refractivity contribution in [2.75, 3.05) is 19.6 Å². The second-order valence-corrected chi connectivity index (χ2v) is 9.78. The summed E-state index contributed by atoms with van der Waals surface area (Å²) in [6, 6.07) is 3.87. The molecule has 0 radical (unpaired) electrons. The van der Waals surface area contributed by atoms with Gasteiger partial charge in [-0.25, -0.2) is 0 Å². The maximum Gasteiger partial charge on any atom is 0.261 e. The lowest BCUT2D eigenvalue weighted by molar-refractivity contribution is -0.138. The van der Waals surface area contributed by atoms with Crippen LogP contribution in [0.3, 0.4) is 0 Å². The highest BCUT2D eigenvalue weighted by atomic mass is 32.1. The predicted molar refractivity (Wildman–Crippen MR) is 99.1 cm³/mol. The van der Waals surface area contributed by atoms with E-state index < -0.39 is 0 Å². The first-order chi connectivity index (χ1) is 12.6. The Kier molecular flexibility index (Phi) is 3.90. The molecule has 3 saturated heterocycles. The summed E-state index contributed by atoms with van der Waals surface area (Å²) >= 11 is 1.53. The average molecular weight is 375 g/mol. The molecule has 1 saturated carbocycles. The summed E-state index contributed by atoms with van der Waals surface area (Å²) in [5.41, 5.74) is -0.140. The Morgan fingerprint density at radius 3 is 2.88 bits per heavy atom. The molecule has 5 rings (SSSR count). The van der Waals surface area contributed by atoms with Crippen LogP contribution in [0.5, 0.6) is 0 Å². The third-order valence-electron chi connectivity index (χ3n) is 7.01. The molecule has 4 heterocycles. The number of carbonyl (C=O) groups is 2. The van der Waals surface area contributed by atoms with E-state index in [1.165, 1.54) is 17.8 Å². The number of hydrogen-bond donors (Lipinski definition) is 1. The Morgan fingerprint density at radius 1 is 1.35 bits per heavy atom. The maximum atomic E-state index is 12.7. The van der Waals surface area contributed by atoms with E-state index in [1.54, 1.807) is 0 Å². The summed E-state index contributed by atoms with van der Waals surface area (Å²) in [6.07, 6.45) is 5.65. The van der Waals surface area contributed by atoms with E-state index in [-0.39, 0.29) is 23.5 Å². The van der Waals surface area contributed by atoms with Gasteiger partial charge in [0.05, 0.1) is 23.1 Å². The summed E-state index contributed by atoms with van der Waals surface area (Å²) in [7, 11) is 0. The second kappa shape index (κ2) is 6.06. The van der Waals surface area contributed by atoms with Crippen LogP contribution in [0.15, 0.2) is 12.1 Å². The van der Waals surface area contributed by atoms with E-state index in [2.05, 4.69) is 10.2 Å². The van der Waals surface area contributed by atoms with Crippen molar-refractivity contribution >= 4 is 23.2 Å². The van der Waals surface area contributed by atoms with E-state index in [0.29, 0.717) is 24.3 Å². The summed E-state index contributed by atoms with van der Waals surface area (Å²) in [6.45, 7) is 4.24. The van der Waals surface area contributed by atoms with Crippen molar-refractivity contribution in [3.8, 4) is 0 Å². The molecule has 3 aliphatic heterocycles. The minimum atomic E-state index is -0.140. The fourth-order valence-corrected chi connectivity index (χ4v) is 6.18. The van der Waals surface area contributed by atoms with Crippen LogP contribution in [0, 0.1) is 24.7 Å². The van der Waals surface area contributed by atoms with Gasteiger partial charge < -0.3 is 15.0 Å². The molecular weight excluding hydrogens is 348 g/mol. The highest BCUT2D eigenvalue weighted by molar-refractivity contribution is 7.13. The number of aryl methyl sites for hydroxylation is 1. The number of nitrogens with one attached hydrogen (secondary N) is 1. The first kappa shape index (κ1) is 16.8. The molecule has 4 aliphatic rings. The molecule has 26 heavy (non-hydrogen) atoms. The second-order valence-electron chi connectivity index (χ2n) is 8.50. The molecule has 140 valence electrons. The number of nitrogens with zero attached hydrogens (tertiary/aromatic N) is 1. The molecule has 1 N–H and O–H groups in total. The van der Waals surface area contributed by atoms with Crippen molar-refractivity contribution < 1.29 is 14.3 Å². The van der Waals surface area contributed by atoms with Gasteiger partial charge in [-0.05, 0) is 44.7 Å². The minimum Gasteiger partial charge on any atom is -0.369 e. The van der Waals surface area contributed by atoms with Crippen LogP contribution in [-0.4, -0.2) is 48.1 Å². The van der Waals surface area contributed by atoms with Crippen molar-refractivity contribution in [1.29, 1.82) is 0 Å². The van der Waals surface area contributed by atoms with Crippen LogP contribution in [0.1, 0.15) is 46.7 Å². The van der Waals surface area contributed by atoms with Gasteiger partial charge in [0.25, 0.3) is 5.91 Å². The molecule has 2 amide bonds. The molecule has 0 aromatic carbocycles. The normalized spacial score (nSPS) is 35.4. The van der Waals surface area contributed by atoms with Gasteiger partial charge in [0, 0.05) is 35.7 Å². The van der Waals surface area contributed by atoms with Crippen LogP contribution >= 0.6 is 11.3 Å². The standard InChI is InChI=1S/C20H26N2O3S/c1-12-5-6-17(26-12)18(23)21-9-14-15-10-22(19(24)13-3-2-4-13)11-20(15)8-7-16(14)25-20/h5-6,13-16H,2-4,7-11H2,1H3,(H,21,23)/t14-,15+,16+,20+/m0/s1. The van der Waals surface area contributed by atoms with Crippen molar-refractivity contribution in [2.45, 2.75) is 50.7 Å². The molecular formula is C20H26N2O3S. The number of ether oxygens (including phenoxy) is 1. The number of likely N-dealkylation sites (tertiary alicyclic amines) is 1. The minimum absolute atomic E-state index is 0.0142. The van der Waals surface area contributed by atoms with E-state index >= 15 is 0 Å². The molecule has 1 aromatic heterocycles. The summed E-state index contributed by atoms with van der Waals surface area (Å²) < 4.78 is 6.41. The number of carbonyl (C=O) groups excluding carboxylic acids is 2. The Bertz CT molecular complexity index is 743. The fourth-order valence-electron chi connectivity index (χ4n) is 5.40. The molecule has 1 aromatic rings. The molecule has 2 bridgehead atoms. The van der Waals surface area contributed by atoms with Crippen LogP contribution in [-0.2, 0) is 9.53 Å². The number of rotatable bonds is 4. The molecule has 6 heteroatoms. The smallest absolute Gasteiger partial charge is 0.261 e. The highest BCUT2D eigenvalue weighted by Gasteiger charge is 2.63. The zero-order chi connectivity index (χ0) is 17.9. The van der Waals surface area contributed by atoms with Gasteiger partial charge in [0.15, 0.2) is 0 Å². The number of amides is 2. The quantitative estimate of drug-likeness (QED) is 0.881. The van der Waals surface area contributed by atoms with Crippen molar-refractivity contribution in [3.05, 3.63) is 21.9 Å². The van der Waals surface area contributed by atoms with Gasteiger partial charge >= 0.3 is 0 Å². The molecule has 1 spiro atoms. The Balaban J connectivity index is 1.25. The van der Waals surface area contributed by atoms with Gasteiger partial charge in [-0.2, -0.15) is 0 Å². The first-order valence-corrected chi connectivity index (χ1v) is 10.7. The monoisotopic (exact) mass is 374 g/mol. The Morgan fingerprint density at radius 2 is 2.19 bits per heavy atom. The number of thiophene rings is 1. The lowest BCUT2D eigenvalue weighted by Gasteiger charge is -2.30. The molecule has 5 nitrogen and oxygen atoms in total. The summed E-state index contributed by atoms with van der Waals surface area (Å²) in [5.74, 6) is 1.30. The summed E-state index contributed by atoms with van der Waals surface area (Å²) in [5, 5.41) is 3.13. The molecule has 4 atom stereocenters. The number of hydrogen-bond acceptors (Lipinski definition) is 4. The zero-order valence-corrected chi connectivity index (χ0v) is 16.0. The lowest BCUT2D eigenvalue weighted by atomic mass is 9.73. The van der Waals surface area contributed by atoms with E-state index in [9.17, 15) is 9.59 Å². The van der Waals surface area contributed by atoms with E-state index in [1.807, 2.05) is 19.1 Å². The predicted octanol–water partition coefficient (Wildman–Crippen LogP) is 2.59. The highest BCUT2D eigenvalue weighted by Crippen LogP contribution is 2.55. The van der Waals surface area contributed by atoms with Gasteiger partial charge in [0.1, 0.15) is 0 Å². The topological polar surface area (TPSA) is 58.6 Å². The van der Waals surface area contributed by atoms with Gasteiger partial charge in [-0.3, -0.25) is 9.59 Å². The first-order valence-electron chi connectivity index (χ1n) is 9.87. The van der Waals surface area contributed by atoms with Crippen LogP contribution in [0.2, 0.25) is 0 Å². The number of fused-ring (bicyclic) bond motifs is 1. The Labute approximate surface area is 158 Å². The van der Waals surface area contributed by atoms with Crippen molar-refractivity contribution in [1.82, 2.24) is 10.2 Å². The third kappa shape index (κ3) is 2.53. The average Bonchev–Trinajstić information content (AvgIpc) is 3.30. The Hall–Kier alpha value is -1.40. The van der Waals surface area contributed by atoms with Crippen molar-refractivity contribution in [2.24, 2.45) is 17.8 Å². The zero-order valence-electron chi connectivity index (χ0n) is 15.2. The van der Waals surface area contributed by atoms with E-state index in [0.717, 1.165) is 48.5 Å².